The van der Waals surface area contributed by atoms with Crippen molar-refractivity contribution in [3.05, 3.63) is 76.8 Å². The summed E-state index contributed by atoms with van der Waals surface area (Å²) in [6.07, 6.45) is 4.53. The van der Waals surface area contributed by atoms with Crippen LogP contribution in [0.5, 0.6) is 0 Å². The predicted molar refractivity (Wildman–Crippen MR) is 152 cm³/mol. The first-order valence-corrected chi connectivity index (χ1v) is 13.7. The lowest BCUT2D eigenvalue weighted by Crippen LogP contribution is -2.48. The zero-order chi connectivity index (χ0) is 26.8. The van der Waals surface area contributed by atoms with E-state index in [0.717, 1.165) is 30.5 Å². The Hall–Kier alpha value is -2.67. The molecule has 4 N–H and O–H groups in total. The minimum absolute atomic E-state index is 0.0241. The van der Waals surface area contributed by atoms with E-state index in [2.05, 4.69) is 55.7 Å². The van der Waals surface area contributed by atoms with Crippen LogP contribution in [-0.4, -0.2) is 54.5 Å². The zero-order valence-electron chi connectivity index (χ0n) is 22.3. The van der Waals surface area contributed by atoms with Gasteiger partial charge in [0.2, 0.25) is 11.8 Å². The van der Waals surface area contributed by atoms with Crippen LogP contribution >= 0.6 is 11.6 Å². The molecule has 6 nitrogen and oxygen atoms in total. The molecule has 2 amide bonds. The molecule has 0 aliphatic carbocycles. The van der Waals surface area contributed by atoms with Gasteiger partial charge in [-0.25, -0.2) is 0 Å². The van der Waals surface area contributed by atoms with E-state index >= 15 is 0 Å². The van der Waals surface area contributed by atoms with Gasteiger partial charge >= 0.3 is 0 Å². The molecule has 0 radical (unpaired) electrons. The van der Waals surface area contributed by atoms with E-state index in [1.807, 2.05) is 35.2 Å². The van der Waals surface area contributed by atoms with Gasteiger partial charge in [-0.05, 0) is 61.1 Å². The van der Waals surface area contributed by atoms with E-state index in [1.165, 1.54) is 11.6 Å². The SMILES string of the molecule is CC[C@H](CN1CC[C@H](CC(=CC(N)=O)c2ccc(Cl)cc2)N[C@@H](CCNC(C)C)C1=O)c1ccccc1. The number of benzene rings is 2. The third kappa shape index (κ3) is 8.99. The van der Waals surface area contributed by atoms with Crippen molar-refractivity contribution in [3.8, 4) is 0 Å². The Bertz CT molecular complexity index is 1040. The maximum absolute atomic E-state index is 13.8. The van der Waals surface area contributed by atoms with Crippen molar-refractivity contribution in [2.45, 2.75) is 70.5 Å². The molecule has 1 aliphatic rings. The number of carbonyl (C=O) groups is 2. The van der Waals surface area contributed by atoms with E-state index in [-0.39, 0.29) is 23.9 Å². The van der Waals surface area contributed by atoms with Crippen molar-refractivity contribution in [2.75, 3.05) is 19.6 Å². The first-order valence-electron chi connectivity index (χ1n) is 13.4. The van der Waals surface area contributed by atoms with Crippen LogP contribution in [0.3, 0.4) is 0 Å². The molecule has 0 aromatic heterocycles. The molecule has 0 bridgehead atoms. The summed E-state index contributed by atoms with van der Waals surface area (Å²) in [6, 6.07) is 17.9. The predicted octanol–water partition coefficient (Wildman–Crippen LogP) is 4.74. The first-order chi connectivity index (χ1) is 17.8. The smallest absolute Gasteiger partial charge is 0.241 e. The molecule has 0 unspecified atom stereocenters. The van der Waals surface area contributed by atoms with Crippen molar-refractivity contribution in [2.24, 2.45) is 5.73 Å². The van der Waals surface area contributed by atoms with Crippen molar-refractivity contribution >= 4 is 29.0 Å². The quantitative estimate of drug-likeness (QED) is 0.350. The van der Waals surface area contributed by atoms with Crippen molar-refractivity contribution < 1.29 is 9.59 Å². The summed E-state index contributed by atoms with van der Waals surface area (Å²) in [5.41, 5.74) is 8.57. The molecule has 3 atom stereocenters. The Labute approximate surface area is 226 Å². The van der Waals surface area contributed by atoms with Crippen LogP contribution in [0.15, 0.2) is 60.7 Å². The molecule has 1 heterocycles. The van der Waals surface area contributed by atoms with Crippen molar-refractivity contribution in [1.29, 1.82) is 0 Å². The average molecular weight is 525 g/mol. The van der Waals surface area contributed by atoms with Gasteiger partial charge in [-0.1, -0.05) is 74.8 Å². The highest BCUT2D eigenvalue weighted by Crippen LogP contribution is 2.26. The summed E-state index contributed by atoms with van der Waals surface area (Å²) in [7, 11) is 0. The average Bonchev–Trinajstić information content (AvgIpc) is 3.01. The van der Waals surface area contributed by atoms with Gasteiger partial charge in [-0.3, -0.25) is 9.59 Å². The topological polar surface area (TPSA) is 87.5 Å². The number of primary amides is 1. The summed E-state index contributed by atoms with van der Waals surface area (Å²) in [5.74, 6) is -0.0486. The van der Waals surface area contributed by atoms with Crippen LogP contribution in [0.2, 0.25) is 5.02 Å². The lowest BCUT2D eigenvalue weighted by molar-refractivity contribution is -0.133. The second-order valence-electron chi connectivity index (χ2n) is 10.2. The summed E-state index contributed by atoms with van der Waals surface area (Å²) < 4.78 is 0. The number of hydrogen-bond acceptors (Lipinski definition) is 4. The number of hydrogen-bond donors (Lipinski definition) is 3. The number of halogens is 1. The summed E-state index contributed by atoms with van der Waals surface area (Å²) in [6.45, 7) is 8.50. The molecule has 1 saturated heterocycles. The van der Waals surface area contributed by atoms with Gasteiger partial charge < -0.3 is 21.3 Å². The molecule has 0 spiro atoms. The van der Waals surface area contributed by atoms with E-state index in [9.17, 15) is 9.59 Å². The summed E-state index contributed by atoms with van der Waals surface area (Å²) >= 11 is 6.08. The number of carbonyl (C=O) groups excluding carboxylic acids is 2. The third-order valence-electron chi connectivity index (χ3n) is 6.98. The molecule has 1 aliphatic heterocycles. The second-order valence-corrected chi connectivity index (χ2v) is 10.6. The molecule has 7 heteroatoms. The molecular weight excluding hydrogens is 484 g/mol. The van der Waals surface area contributed by atoms with Crippen LogP contribution in [0, 0.1) is 0 Å². The molecule has 200 valence electrons. The fourth-order valence-electron chi connectivity index (χ4n) is 4.97. The fraction of sp³-hybridized carbons (Fsp3) is 0.467. The lowest BCUT2D eigenvalue weighted by atomic mass is 9.95. The van der Waals surface area contributed by atoms with Crippen LogP contribution in [0.1, 0.15) is 63.5 Å². The van der Waals surface area contributed by atoms with Gasteiger partial charge in [-0.2, -0.15) is 0 Å². The number of amides is 2. The minimum atomic E-state index is -0.484. The zero-order valence-corrected chi connectivity index (χ0v) is 23.0. The van der Waals surface area contributed by atoms with Gasteiger partial charge in [-0.15, -0.1) is 0 Å². The summed E-state index contributed by atoms with van der Waals surface area (Å²) in [5, 5.41) is 7.72. The van der Waals surface area contributed by atoms with Crippen molar-refractivity contribution in [3.63, 3.8) is 0 Å². The molecule has 37 heavy (non-hydrogen) atoms. The lowest BCUT2D eigenvalue weighted by Gasteiger charge is -2.29. The molecular formula is C30H41ClN4O2. The minimum Gasteiger partial charge on any atom is -0.366 e. The van der Waals surface area contributed by atoms with Gasteiger partial charge in [0.1, 0.15) is 0 Å². The molecule has 1 fully saturated rings. The standard InChI is InChI=1S/C30H41ClN4O2/c1-4-22(23-8-6-5-7-9-23)20-35-17-15-27(34-28(30(35)37)14-16-33-21(2)3)18-25(19-29(32)36)24-10-12-26(31)13-11-24/h5-13,19,21-22,27-28,33-34H,4,14-18,20H2,1-3H3,(H2,32,36)/t22-,27-,28+/m1/s1. The highest BCUT2D eigenvalue weighted by atomic mass is 35.5. The fourth-order valence-corrected chi connectivity index (χ4v) is 5.10. The van der Waals surface area contributed by atoms with E-state index in [4.69, 9.17) is 17.3 Å². The first kappa shape index (κ1) is 28.9. The Kier molecular flexibility index (Phi) is 11.2. The Morgan fingerprint density at radius 3 is 2.51 bits per heavy atom. The maximum atomic E-state index is 13.8. The monoisotopic (exact) mass is 524 g/mol. The summed E-state index contributed by atoms with van der Waals surface area (Å²) in [4.78, 5) is 27.6. The number of nitrogens with one attached hydrogen (secondary N) is 2. The highest BCUT2D eigenvalue weighted by Gasteiger charge is 2.32. The second kappa shape index (κ2) is 14.3. The number of nitrogens with zero attached hydrogens (tertiary/aromatic N) is 1. The van der Waals surface area contributed by atoms with Crippen LogP contribution < -0.4 is 16.4 Å². The van der Waals surface area contributed by atoms with E-state index < -0.39 is 5.91 Å². The molecule has 0 saturated carbocycles. The number of rotatable bonds is 12. The third-order valence-corrected chi connectivity index (χ3v) is 7.23. The van der Waals surface area contributed by atoms with Gasteiger partial charge in [0.25, 0.3) is 0 Å². The Morgan fingerprint density at radius 1 is 1.19 bits per heavy atom. The van der Waals surface area contributed by atoms with E-state index in [0.29, 0.717) is 37.0 Å². The van der Waals surface area contributed by atoms with E-state index in [1.54, 1.807) is 0 Å². The molecule has 3 rings (SSSR count). The largest absolute Gasteiger partial charge is 0.366 e. The van der Waals surface area contributed by atoms with Gasteiger partial charge in [0.15, 0.2) is 0 Å². The van der Waals surface area contributed by atoms with Crippen LogP contribution in [-0.2, 0) is 9.59 Å². The van der Waals surface area contributed by atoms with Crippen LogP contribution in [0.4, 0.5) is 0 Å². The maximum Gasteiger partial charge on any atom is 0.241 e. The number of nitrogens with two attached hydrogens (primary N) is 1. The Morgan fingerprint density at radius 2 is 1.89 bits per heavy atom. The molecule has 2 aromatic carbocycles. The van der Waals surface area contributed by atoms with Crippen LogP contribution in [0.25, 0.3) is 5.57 Å². The Balaban J connectivity index is 1.81. The normalized spacial score (nSPS) is 19.6. The highest BCUT2D eigenvalue weighted by molar-refractivity contribution is 6.30. The van der Waals surface area contributed by atoms with Gasteiger partial charge in [0.05, 0.1) is 6.04 Å². The molecule has 2 aromatic rings. The van der Waals surface area contributed by atoms with Crippen molar-refractivity contribution in [1.82, 2.24) is 15.5 Å². The van der Waals surface area contributed by atoms with Gasteiger partial charge in [0, 0.05) is 42.2 Å².